The molecule has 0 spiro atoms. The first-order valence-electron chi connectivity index (χ1n) is 14.4. The maximum atomic E-state index is 15.1. The van der Waals surface area contributed by atoms with Gasteiger partial charge in [-0.05, 0) is 49.7 Å². The Labute approximate surface area is 260 Å². The van der Waals surface area contributed by atoms with E-state index in [2.05, 4.69) is 10.3 Å². The van der Waals surface area contributed by atoms with Gasteiger partial charge in [0.05, 0.1) is 18.9 Å². The highest BCUT2D eigenvalue weighted by molar-refractivity contribution is 5.97. The first kappa shape index (κ1) is 33.0. The van der Waals surface area contributed by atoms with Crippen molar-refractivity contribution in [1.29, 1.82) is 0 Å². The molecular formula is C31H32F5N5O5. The van der Waals surface area contributed by atoms with Crippen LogP contribution in [0.5, 0.6) is 0 Å². The Hall–Kier alpha value is -4.37. The number of hydrogen-bond acceptors (Lipinski definition) is 7. The minimum atomic E-state index is -4.74. The number of fused-ring (bicyclic) bond motifs is 1. The molecule has 1 saturated heterocycles. The number of carboxylic acids is 1. The Kier molecular flexibility index (Phi) is 8.92. The van der Waals surface area contributed by atoms with E-state index in [9.17, 15) is 32.7 Å². The second-order valence-electron chi connectivity index (χ2n) is 11.6. The number of anilines is 1. The summed E-state index contributed by atoms with van der Waals surface area (Å²) in [4.78, 5) is 45.6. The number of alkyl halides is 3. The highest BCUT2D eigenvalue weighted by Crippen LogP contribution is 2.35. The number of morpholine rings is 1. The van der Waals surface area contributed by atoms with Crippen LogP contribution >= 0.6 is 0 Å². The fourth-order valence-electron chi connectivity index (χ4n) is 5.93. The van der Waals surface area contributed by atoms with E-state index in [1.54, 1.807) is 33.0 Å². The Bertz CT molecular complexity index is 1750. The Balaban J connectivity index is 1.43. The number of carbonyl (C=O) groups excluding carboxylic acids is 1. The molecule has 2 aliphatic heterocycles. The Morgan fingerprint density at radius 2 is 1.76 bits per heavy atom. The van der Waals surface area contributed by atoms with E-state index < -0.39 is 59.6 Å². The van der Waals surface area contributed by atoms with Crippen LogP contribution in [0, 0.1) is 25.5 Å². The number of carboxylic acid groups (broad SMARTS) is 1. The van der Waals surface area contributed by atoms with Crippen LogP contribution in [0.15, 0.2) is 29.1 Å². The van der Waals surface area contributed by atoms with Gasteiger partial charge in [0.2, 0.25) is 0 Å². The van der Waals surface area contributed by atoms with Gasteiger partial charge in [0, 0.05) is 50.0 Å². The van der Waals surface area contributed by atoms with Gasteiger partial charge in [-0.1, -0.05) is 12.1 Å². The predicted octanol–water partition coefficient (Wildman–Crippen LogP) is 3.48. The van der Waals surface area contributed by atoms with Gasteiger partial charge in [-0.2, -0.15) is 13.2 Å². The van der Waals surface area contributed by atoms with E-state index in [1.165, 1.54) is 4.57 Å². The maximum absolute atomic E-state index is 15.1. The fraction of sp³-hybridized carbons (Fsp3) is 0.419. The van der Waals surface area contributed by atoms with Crippen molar-refractivity contribution in [3.8, 4) is 11.3 Å². The predicted molar refractivity (Wildman–Crippen MR) is 157 cm³/mol. The number of rotatable bonds is 7. The molecule has 0 saturated carbocycles. The highest BCUT2D eigenvalue weighted by Gasteiger charge is 2.46. The number of ether oxygens (including phenoxy) is 1. The maximum Gasteiger partial charge on any atom is 0.411 e. The third-order valence-corrected chi connectivity index (χ3v) is 8.57. The zero-order valence-electron chi connectivity index (χ0n) is 25.5. The summed E-state index contributed by atoms with van der Waals surface area (Å²) < 4.78 is 77.2. The van der Waals surface area contributed by atoms with Crippen molar-refractivity contribution < 1.29 is 41.4 Å². The van der Waals surface area contributed by atoms with Crippen LogP contribution in [0.25, 0.3) is 11.3 Å². The lowest BCUT2D eigenvalue weighted by Gasteiger charge is -2.38. The molecule has 5 rings (SSSR count). The molecule has 2 aliphatic rings. The molecule has 246 valence electrons. The summed E-state index contributed by atoms with van der Waals surface area (Å²) in [6, 6.07) is 0.783. The lowest BCUT2D eigenvalue weighted by Crippen LogP contribution is -2.53. The molecule has 2 aromatic carbocycles. The zero-order valence-corrected chi connectivity index (χ0v) is 25.5. The topological polar surface area (TPSA) is 117 Å². The van der Waals surface area contributed by atoms with Crippen LogP contribution < -0.4 is 15.8 Å². The molecule has 3 aromatic rings. The Morgan fingerprint density at radius 3 is 2.39 bits per heavy atom. The molecule has 2 atom stereocenters. The summed E-state index contributed by atoms with van der Waals surface area (Å²) >= 11 is 0. The lowest BCUT2D eigenvalue weighted by molar-refractivity contribution is -0.167. The van der Waals surface area contributed by atoms with E-state index in [-0.39, 0.29) is 30.8 Å². The molecule has 2 N–H and O–H groups in total. The number of aryl methyl sites for hydroxylation is 1. The summed E-state index contributed by atoms with van der Waals surface area (Å²) in [6.45, 7) is 3.32. The van der Waals surface area contributed by atoms with Crippen molar-refractivity contribution in [3.63, 3.8) is 0 Å². The molecule has 1 fully saturated rings. The molecule has 46 heavy (non-hydrogen) atoms. The van der Waals surface area contributed by atoms with Crippen molar-refractivity contribution in [2.45, 2.75) is 51.6 Å². The van der Waals surface area contributed by atoms with E-state index in [0.29, 0.717) is 47.7 Å². The fourth-order valence-corrected chi connectivity index (χ4v) is 5.93. The van der Waals surface area contributed by atoms with Gasteiger partial charge in [0.15, 0.2) is 0 Å². The van der Waals surface area contributed by atoms with Crippen LogP contribution in [-0.4, -0.2) is 76.5 Å². The number of nitrogens with zero attached hydrogens (tertiary/aromatic N) is 4. The van der Waals surface area contributed by atoms with Crippen LogP contribution in [-0.2, 0) is 36.1 Å². The third-order valence-electron chi connectivity index (χ3n) is 8.57. The van der Waals surface area contributed by atoms with Gasteiger partial charge >= 0.3 is 12.1 Å². The number of nitrogens with one attached hydrogen (secondary N) is 1. The summed E-state index contributed by atoms with van der Waals surface area (Å²) in [7, 11) is 3.50. The average Bonchev–Trinajstić information content (AvgIpc) is 3.38. The monoisotopic (exact) mass is 649 g/mol. The molecule has 10 nitrogen and oxygen atoms in total. The van der Waals surface area contributed by atoms with Gasteiger partial charge in [0.25, 0.3) is 11.5 Å². The van der Waals surface area contributed by atoms with E-state index >= 15 is 8.78 Å². The smallest absolute Gasteiger partial charge is 0.411 e. The van der Waals surface area contributed by atoms with Crippen LogP contribution in [0.4, 0.5) is 27.6 Å². The van der Waals surface area contributed by atoms with Crippen molar-refractivity contribution in [1.82, 2.24) is 19.8 Å². The molecule has 0 unspecified atom stereocenters. The first-order valence-corrected chi connectivity index (χ1v) is 14.4. The first-order chi connectivity index (χ1) is 21.6. The lowest BCUT2D eigenvalue weighted by atomic mass is 9.92. The molecule has 15 heteroatoms. The van der Waals surface area contributed by atoms with Crippen LogP contribution in [0.1, 0.15) is 38.4 Å². The average molecular weight is 650 g/mol. The van der Waals surface area contributed by atoms with Gasteiger partial charge in [0.1, 0.15) is 35.0 Å². The zero-order chi connectivity index (χ0) is 33.7. The summed E-state index contributed by atoms with van der Waals surface area (Å²) in [6.07, 6.45) is -4.99. The van der Waals surface area contributed by atoms with Gasteiger partial charge < -0.3 is 24.6 Å². The second-order valence-corrected chi connectivity index (χ2v) is 11.6. The summed E-state index contributed by atoms with van der Waals surface area (Å²) in [5.41, 5.74) is 2.45. The molecule has 0 aliphatic carbocycles. The third kappa shape index (κ3) is 6.20. The molecular weight excluding hydrogens is 617 g/mol. The molecule has 3 heterocycles. The van der Waals surface area contributed by atoms with Gasteiger partial charge in [-0.15, -0.1) is 0 Å². The van der Waals surface area contributed by atoms with Crippen molar-refractivity contribution in [2.24, 2.45) is 7.05 Å². The number of amides is 1. The molecule has 0 radical (unpaired) electrons. The Morgan fingerprint density at radius 1 is 1.11 bits per heavy atom. The normalized spacial score (nSPS) is 17.6. The molecule has 1 aromatic heterocycles. The van der Waals surface area contributed by atoms with E-state index in [1.807, 2.05) is 11.9 Å². The number of benzene rings is 2. The standard InChI is InChI=1S/C31H32F5N5O5/c1-15-16(2)40(4)29(43)27(37-15)19-6-5-17(20-12-39(3)13-21(19)20)9-24(30(44)45)38-28(42)26-22(32)10-18(11-23(26)33)41-7-8-46-14-25(41)31(34,35)36/h5-6,10-11,24-25H,7-9,12-14H2,1-4H3,(H,38,42)(H,44,45)/t24-,25+/m0/s1. The van der Waals surface area contributed by atoms with Crippen molar-refractivity contribution >= 4 is 17.6 Å². The highest BCUT2D eigenvalue weighted by atomic mass is 19.4. The molecule has 0 bridgehead atoms. The quantitative estimate of drug-likeness (QED) is 0.374. The van der Waals surface area contributed by atoms with E-state index in [0.717, 1.165) is 16.0 Å². The number of aliphatic carboxylic acids is 1. The minimum absolute atomic E-state index is 0.101. The number of carbonyl (C=O) groups is 2. The van der Waals surface area contributed by atoms with Crippen molar-refractivity contribution in [2.75, 3.05) is 31.7 Å². The van der Waals surface area contributed by atoms with Gasteiger partial charge in [-0.3, -0.25) is 14.5 Å². The van der Waals surface area contributed by atoms with E-state index in [4.69, 9.17) is 4.74 Å². The molecule has 1 amide bonds. The SMILES string of the molecule is Cc1nc(-c2ccc(C[C@H](NC(=O)c3c(F)cc(N4CCOC[C@@H]4C(F)(F)F)cc3F)C(=O)O)c3c2CN(C)C3)c(=O)n(C)c1C. The summed E-state index contributed by atoms with van der Waals surface area (Å²) in [5, 5.41) is 12.1. The minimum Gasteiger partial charge on any atom is -0.480 e. The van der Waals surface area contributed by atoms with Gasteiger partial charge in [-0.25, -0.2) is 18.6 Å². The van der Waals surface area contributed by atoms with Crippen LogP contribution in [0.3, 0.4) is 0 Å². The second kappa shape index (κ2) is 12.4. The number of halogens is 5. The summed E-state index contributed by atoms with van der Waals surface area (Å²) in [5.74, 6) is -5.74. The van der Waals surface area contributed by atoms with Crippen LogP contribution in [0.2, 0.25) is 0 Å². The van der Waals surface area contributed by atoms with Crippen molar-refractivity contribution in [3.05, 3.63) is 79.9 Å². The number of hydrogen-bond donors (Lipinski definition) is 2. The number of aromatic nitrogens is 2. The largest absolute Gasteiger partial charge is 0.480 e.